The molecule has 3 rings (SSSR count). The average Bonchev–Trinajstić information content (AvgIpc) is 2.67. The Labute approximate surface area is 162 Å². The van der Waals surface area contributed by atoms with Crippen LogP contribution in [0.5, 0.6) is 0 Å². The van der Waals surface area contributed by atoms with Gasteiger partial charge in [-0.2, -0.15) is 0 Å². The van der Waals surface area contributed by atoms with Crippen LogP contribution in [0.15, 0.2) is 42.7 Å². The van der Waals surface area contributed by atoms with Gasteiger partial charge in [-0.1, -0.05) is 11.6 Å². The molecule has 1 aromatic carbocycles. The van der Waals surface area contributed by atoms with Gasteiger partial charge in [0.05, 0.1) is 4.92 Å². The summed E-state index contributed by atoms with van der Waals surface area (Å²) in [7, 11) is 0. The van der Waals surface area contributed by atoms with Crippen molar-refractivity contribution in [2.24, 2.45) is 5.92 Å². The fraction of sp³-hybridized carbons (Fsp3) is 0.368. The number of piperidine rings is 1. The maximum atomic E-state index is 12.4. The Bertz CT molecular complexity index is 808. The van der Waals surface area contributed by atoms with E-state index in [4.69, 9.17) is 11.6 Å². The van der Waals surface area contributed by atoms with Gasteiger partial charge in [-0.3, -0.25) is 24.8 Å². The van der Waals surface area contributed by atoms with Crippen LogP contribution in [0.25, 0.3) is 0 Å². The molecule has 2 heterocycles. The number of hydrogen-bond donors (Lipinski definition) is 1. The Morgan fingerprint density at radius 2 is 1.96 bits per heavy atom. The predicted octanol–water partition coefficient (Wildman–Crippen LogP) is 3.29. The molecular weight excluding hydrogens is 368 g/mol. The predicted molar refractivity (Wildman–Crippen MR) is 103 cm³/mol. The molecule has 0 bridgehead atoms. The summed E-state index contributed by atoms with van der Waals surface area (Å²) in [5.74, 6) is -0.0932. The van der Waals surface area contributed by atoms with E-state index >= 15 is 0 Å². The van der Waals surface area contributed by atoms with E-state index in [0.29, 0.717) is 17.5 Å². The minimum atomic E-state index is -0.567. The molecule has 1 fully saturated rings. The lowest BCUT2D eigenvalue weighted by molar-refractivity contribution is -0.385. The van der Waals surface area contributed by atoms with Crippen LogP contribution in [-0.2, 0) is 6.54 Å². The van der Waals surface area contributed by atoms with Gasteiger partial charge in [-0.05, 0) is 61.7 Å². The molecule has 142 valence electrons. The van der Waals surface area contributed by atoms with Crippen LogP contribution in [0.3, 0.4) is 0 Å². The number of pyridine rings is 1. The van der Waals surface area contributed by atoms with Crippen LogP contribution in [0, 0.1) is 16.0 Å². The third kappa shape index (κ3) is 5.24. The second-order valence-corrected chi connectivity index (χ2v) is 7.14. The SMILES string of the molecule is O=C(NCC1CCN(Cc2ccncc2)CC1)c1cc(Cl)ccc1[N+](=O)[O-]. The summed E-state index contributed by atoms with van der Waals surface area (Å²) in [6, 6.07) is 8.05. The minimum Gasteiger partial charge on any atom is -0.352 e. The van der Waals surface area contributed by atoms with Crippen molar-refractivity contribution in [3.05, 3.63) is 69.0 Å². The number of rotatable bonds is 6. The van der Waals surface area contributed by atoms with E-state index in [1.54, 1.807) is 12.4 Å². The Morgan fingerprint density at radius 1 is 1.26 bits per heavy atom. The van der Waals surface area contributed by atoms with Crippen molar-refractivity contribution in [2.75, 3.05) is 19.6 Å². The molecule has 27 heavy (non-hydrogen) atoms. The first kappa shape index (κ1) is 19.3. The number of halogens is 1. The summed E-state index contributed by atoms with van der Waals surface area (Å²) < 4.78 is 0. The van der Waals surface area contributed by atoms with Gasteiger partial charge in [0.1, 0.15) is 5.56 Å². The quantitative estimate of drug-likeness (QED) is 0.606. The summed E-state index contributed by atoms with van der Waals surface area (Å²) >= 11 is 5.88. The number of aromatic nitrogens is 1. The smallest absolute Gasteiger partial charge is 0.282 e. The molecule has 1 amide bonds. The summed E-state index contributed by atoms with van der Waals surface area (Å²) in [5, 5.41) is 14.2. The Hall–Kier alpha value is -2.51. The lowest BCUT2D eigenvalue weighted by Crippen LogP contribution is -2.38. The van der Waals surface area contributed by atoms with Gasteiger partial charge in [0.15, 0.2) is 0 Å². The van der Waals surface area contributed by atoms with E-state index in [1.807, 2.05) is 12.1 Å². The Kier molecular flexibility index (Phi) is 6.36. The molecule has 0 aliphatic carbocycles. The molecule has 7 nitrogen and oxygen atoms in total. The van der Waals surface area contributed by atoms with Gasteiger partial charge in [-0.25, -0.2) is 0 Å². The number of nitrogens with one attached hydrogen (secondary N) is 1. The van der Waals surface area contributed by atoms with Crippen molar-refractivity contribution in [1.29, 1.82) is 0 Å². The van der Waals surface area contributed by atoms with Crippen molar-refractivity contribution < 1.29 is 9.72 Å². The lowest BCUT2D eigenvalue weighted by Gasteiger charge is -2.32. The number of nitrogens with zero attached hydrogens (tertiary/aromatic N) is 3. The van der Waals surface area contributed by atoms with E-state index in [9.17, 15) is 14.9 Å². The van der Waals surface area contributed by atoms with Gasteiger partial charge >= 0.3 is 0 Å². The highest BCUT2D eigenvalue weighted by Crippen LogP contribution is 2.23. The Morgan fingerprint density at radius 3 is 2.63 bits per heavy atom. The molecule has 1 aromatic heterocycles. The van der Waals surface area contributed by atoms with Gasteiger partial charge < -0.3 is 5.32 Å². The number of likely N-dealkylation sites (tertiary alicyclic amines) is 1. The van der Waals surface area contributed by atoms with Crippen molar-refractivity contribution in [2.45, 2.75) is 19.4 Å². The van der Waals surface area contributed by atoms with Gasteiger partial charge in [-0.15, -0.1) is 0 Å². The second-order valence-electron chi connectivity index (χ2n) is 6.70. The average molecular weight is 389 g/mol. The first-order valence-corrected chi connectivity index (χ1v) is 9.24. The number of nitro groups is 1. The van der Waals surface area contributed by atoms with E-state index in [0.717, 1.165) is 32.5 Å². The molecule has 0 atom stereocenters. The summed E-state index contributed by atoms with van der Waals surface area (Å²) in [4.78, 5) is 29.3. The van der Waals surface area contributed by atoms with Crippen LogP contribution in [0.4, 0.5) is 5.69 Å². The molecule has 0 unspecified atom stereocenters. The number of amides is 1. The van der Waals surface area contributed by atoms with Crippen LogP contribution >= 0.6 is 11.6 Å². The monoisotopic (exact) mass is 388 g/mol. The van der Waals surface area contributed by atoms with Crippen molar-refractivity contribution >= 4 is 23.2 Å². The zero-order chi connectivity index (χ0) is 19.2. The van der Waals surface area contributed by atoms with Gasteiger partial charge in [0.25, 0.3) is 11.6 Å². The summed E-state index contributed by atoms with van der Waals surface area (Å²) in [5.41, 5.74) is 1.01. The molecule has 8 heteroatoms. The zero-order valence-electron chi connectivity index (χ0n) is 14.8. The van der Waals surface area contributed by atoms with Crippen molar-refractivity contribution in [3.8, 4) is 0 Å². The number of carbonyl (C=O) groups is 1. The third-order valence-corrected chi connectivity index (χ3v) is 5.05. The molecule has 1 saturated heterocycles. The molecule has 1 aliphatic rings. The minimum absolute atomic E-state index is 0.00243. The zero-order valence-corrected chi connectivity index (χ0v) is 15.6. The highest BCUT2D eigenvalue weighted by atomic mass is 35.5. The van der Waals surface area contributed by atoms with E-state index in [-0.39, 0.29) is 11.3 Å². The summed E-state index contributed by atoms with van der Waals surface area (Å²) in [6.07, 6.45) is 5.55. The number of carbonyl (C=O) groups excluding carboxylic acids is 1. The summed E-state index contributed by atoms with van der Waals surface area (Å²) in [6.45, 7) is 3.32. The van der Waals surface area contributed by atoms with Gasteiger partial charge in [0, 0.05) is 36.6 Å². The van der Waals surface area contributed by atoms with E-state index in [2.05, 4.69) is 15.2 Å². The maximum absolute atomic E-state index is 12.4. The largest absolute Gasteiger partial charge is 0.352 e. The first-order valence-electron chi connectivity index (χ1n) is 8.86. The number of benzene rings is 1. The van der Waals surface area contributed by atoms with Crippen molar-refractivity contribution in [3.63, 3.8) is 0 Å². The first-order chi connectivity index (χ1) is 13.0. The lowest BCUT2D eigenvalue weighted by atomic mass is 9.96. The molecule has 2 aromatic rings. The number of hydrogen-bond acceptors (Lipinski definition) is 5. The molecule has 1 aliphatic heterocycles. The fourth-order valence-corrected chi connectivity index (χ4v) is 3.45. The number of nitro benzene ring substituents is 1. The molecule has 0 radical (unpaired) electrons. The maximum Gasteiger partial charge on any atom is 0.282 e. The van der Waals surface area contributed by atoms with Crippen molar-refractivity contribution in [1.82, 2.24) is 15.2 Å². The van der Waals surface area contributed by atoms with Crippen LogP contribution in [0.2, 0.25) is 5.02 Å². The van der Waals surface area contributed by atoms with Crippen LogP contribution in [0.1, 0.15) is 28.8 Å². The van der Waals surface area contributed by atoms with Crippen LogP contribution < -0.4 is 5.32 Å². The molecule has 0 spiro atoms. The van der Waals surface area contributed by atoms with E-state index in [1.165, 1.54) is 23.8 Å². The normalized spacial score (nSPS) is 15.4. The highest BCUT2D eigenvalue weighted by molar-refractivity contribution is 6.31. The van der Waals surface area contributed by atoms with E-state index < -0.39 is 10.8 Å². The molecule has 0 saturated carbocycles. The highest BCUT2D eigenvalue weighted by Gasteiger charge is 2.23. The van der Waals surface area contributed by atoms with Crippen LogP contribution in [-0.4, -0.2) is 40.3 Å². The molecular formula is C19H21ClN4O3. The third-order valence-electron chi connectivity index (χ3n) is 4.81. The second kappa shape index (κ2) is 8.92. The topological polar surface area (TPSA) is 88.4 Å². The standard InChI is InChI=1S/C19H21ClN4O3/c20-16-1-2-18(24(26)27)17(11-16)19(25)22-12-14-5-9-23(10-6-14)13-15-3-7-21-8-4-15/h1-4,7-8,11,14H,5-6,9-10,12-13H2,(H,22,25). The fourth-order valence-electron chi connectivity index (χ4n) is 3.28. The van der Waals surface area contributed by atoms with Gasteiger partial charge in [0.2, 0.25) is 0 Å². The molecule has 1 N–H and O–H groups in total. The Balaban J connectivity index is 1.50.